The Labute approximate surface area is 365 Å². The first-order valence-electron chi connectivity index (χ1n) is 22.6. The molecular formula is C55H59B2NOS. The van der Waals surface area contributed by atoms with Crippen LogP contribution in [0.2, 0.25) is 0 Å². The van der Waals surface area contributed by atoms with Crippen molar-refractivity contribution in [3.05, 3.63) is 136 Å². The van der Waals surface area contributed by atoms with Gasteiger partial charge in [-0.2, -0.15) is 0 Å². The van der Waals surface area contributed by atoms with Crippen LogP contribution in [0, 0.1) is 5.92 Å². The third-order valence-corrected chi connectivity index (χ3v) is 15.6. The second-order valence-electron chi connectivity index (χ2n) is 20.6. The van der Waals surface area contributed by atoms with Crippen LogP contribution in [0.1, 0.15) is 132 Å². The summed E-state index contributed by atoms with van der Waals surface area (Å²) in [5.74, 6) is 0.800. The van der Waals surface area contributed by atoms with E-state index in [4.69, 9.17) is 17.0 Å². The molecule has 2 atom stereocenters. The molecular weight excluding hydrogens is 744 g/mol. The van der Waals surface area contributed by atoms with Crippen molar-refractivity contribution in [2.75, 3.05) is 4.90 Å². The van der Waals surface area contributed by atoms with E-state index in [0.29, 0.717) is 11.8 Å². The van der Waals surface area contributed by atoms with E-state index >= 15 is 0 Å². The molecule has 4 aliphatic rings. The lowest BCUT2D eigenvalue weighted by atomic mass is 9.63. The fourth-order valence-corrected chi connectivity index (χ4v) is 11.8. The number of thiol groups is 1. The number of nitrogens with zero attached hydrogens (tertiary/aromatic N) is 1. The number of hydrogen-bond donors (Lipinski definition) is 1. The summed E-state index contributed by atoms with van der Waals surface area (Å²) < 4.78 is 7.02. The fourth-order valence-electron chi connectivity index (χ4n) is 11.6. The van der Waals surface area contributed by atoms with Crippen LogP contribution < -0.4 is 15.8 Å². The Balaban J connectivity index is 1.35. The maximum absolute atomic E-state index is 7.02. The molecule has 0 spiro atoms. The molecule has 0 fully saturated rings. The Morgan fingerprint density at radius 3 is 2.25 bits per heavy atom. The van der Waals surface area contributed by atoms with E-state index in [1.165, 1.54) is 90.3 Å². The van der Waals surface area contributed by atoms with Crippen LogP contribution in [-0.4, -0.2) is 15.7 Å². The van der Waals surface area contributed by atoms with Gasteiger partial charge in [0.2, 0.25) is 0 Å². The average molecular weight is 804 g/mol. The number of hydrogen-bond acceptors (Lipinski definition) is 3. The van der Waals surface area contributed by atoms with Crippen molar-refractivity contribution in [1.82, 2.24) is 0 Å². The molecule has 0 saturated heterocycles. The lowest BCUT2D eigenvalue weighted by Crippen LogP contribution is -2.33. The summed E-state index contributed by atoms with van der Waals surface area (Å²) in [7, 11) is 4.57. The SMILES string of the molecule is Bc1ccc(N2/C(c3cc(CCCC)ccc3S)=C\c3cc4oc5cc6c(cc5c4cc3-c3c(B)c2cc2c3C(C)(C)C3=CC=CCC(C)C32)C(C)(C)CCC6(C)C)cc1. The molecule has 2 bridgehead atoms. The summed E-state index contributed by atoms with van der Waals surface area (Å²) in [4.78, 5) is 3.53. The van der Waals surface area contributed by atoms with Crippen LogP contribution in [0.3, 0.4) is 0 Å². The first-order valence-corrected chi connectivity index (χ1v) is 23.1. The number of furan rings is 1. The highest BCUT2D eigenvalue weighted by atomic mass is 32.1. The molecule has 1 aliphatic heterocycles. The van der Waals surface area contributed by atoms with Crippen molar-refractivity contribution in [1.29, 1.82) is 0 Å². The number of allylic oxidation sites excluding steroid dienone is 4. The molecule has 2 unspecified atom stereocenters. The molecule has 0 N–H and O–H groups in total. The van der Waals surface area contributed by atoms with Crippen molar-refractivity contribution in [2.24, 2.45) is 5.92 Å². The van der Waals surface area contributed by atoms with Crippen LogP contribution in [0.5, 0.6) is 0 Å². The summed E-state index contributed by atoms with van der Waals surface area (Å²) in [6.07, 6.45) is 16.4. The van der Waals surface area contributed by atoms with Gasteiger partial charge in [0.25, 0.3) is 0 Å². The van der Waals surface area contributed by atoms with Gasteiger partial charge in [-0.05, 0) is 154 Å². The van der Waals surface area contributed by atoms with Crippen molar-refractivity contribution in [3.8, 4) is 11.1 Å². The number of fused-ring (bicyclic) bond motifs is 12. The second-order valence-corrected chi connectivity index (χ2v) is 21.1. The zero-order valence-corrected chi connectivity index (χ0v) is 38.3. The summed E-state index contributed by atoms with van der Waals surface area (Å²) >= 11 is 5.25. The maximum Gasteiger partial charge on any atom is 0.142 e. The molecule has 3 aliphatic carbocycles. The maximum atomic E-state index is 7.02. The van der Waals surface area contributed by atoms with E-state index in [2.05, 4.69) is 173 Å². The zero-order chi connectivity index (χ0) is 42.0. The Kier molecular flexibility index (Phi) is 9.20. The van der Waals surface area contributed by atoms with Crippen molar-refractivity contribution < 1.29 is 4.42 Å². The van der Waals surface area contributed by atoms with E-state index in [-0.39, 0.29) is 16.2 Å². The van der Waals surface area contributed by atoms with Gasteiger partial charge in [0, 0.05) is 43.9 Å². The van der Waals surface area contributed by atoms with Gasteiger partial charge in [0.1, 0.15) is 26.9 Å². The minimum Gasteiger partial charge on any atom is -0.456 e. The van der Waals surface area contributed by atoms with Gasteiger partial charge in [0.05, 0.1) is 5.70 Å². The van der Waals surface area contributed by atoms with Crippen molar-refractivity contribution in [2.45, 2.75) is 121 Å². The summed E-state index contributed by atoms with van der Waals surface area (Å²) in [6, 6.07) is 28.4. The molecule has 5 heteroatoms. The first-order chi connectivity index (χ1) is 28.6. The third-order valence-electron chi connectivity index (χ3n) is 15.2. The van der Waals surface area contributed by atoms with E-state index in [1.54, 1.807) is 0 Å². The van der Waals surface area contributed by atoms with Crippen molar-refractivity contribution >= 4 is 84.3 Å². The molecule has 10 rings (SSSR count). The van der Waals surface area contributed by atoms with Crippen LogP contribution in [0.4, 0.5) is 11.4 Å². The van der Waals surface area contributed by atoms with Crippen LogP contribution in [-0.2, 0) is 22.7 Å². The summed E-state index contributed by atoms with van der Waals surface area (Å²) in [6.45, 7) is 19.4. The molecule has 302 valence electrons. The largest absolute Gasteiger partial charge is 0.456 e. The van der Waals surface area contributed by atoms with E-state index in [1.807, 2.05) is 0 Å². The number of anilines is 2. The van der Waals surface area contributed by atoms with Crippen LogP contribution in [0.25, 0.3) is 44.8 Å². The standard InChI is InChI=1S/C55H59B2NOS/c1-9-10-14-32-16-21-48(60)39(24-32)44-25-33-26-46-37(38-28-42-43(30-47(38)59-46)54(5,6)23-22-53(42,3)4)27-36(33)50-51-40(49-31(2)13-11-12-15-41(49)55(51,7)8)29-45(52(50)57)58(44)35-19-17-34(56)18-20-35/h11-12,15-21,24-31,49,60H,9-10,13-14,22-23,56-57H2,1-8H3/b44-25-. The molecule has 60 heavy (non-hydrogen) atoms. The molecule has 5 aromatic carbocycles. The monoisotopic (exact) mass is 803 g/mol. The second kappa shape index (κ2) is 14.0. The van der Waals surface area contributed by atoms with Crippen LogP contribution in [0.15, 0.2) is 106 Å². The Hall–Kier alpha value is -4.60. The Morgan fingerprint density at radius 2 is 1.52 bits per heavy atom. The predicted molar refractivity (Wildman–Crippen MR) is 266 cm³/mol. The third kappa shape index (κ3) is 5.99. The topological polar surface area (TPSA) is 16.4 Å². The molecule has 2 heterocycles. The van der Waals surface area contributed by atoms with Gasteiger partial charge in [-0.3, -0.25) is 0 Å². The van der Waals surface area contributed by atoms with Crippen molar-refractivity contribution in [3.63, 3.8) is 0 Å². The molecule has 2 nitrogen and oxygen atoms in total. The van der Waals surface area contributed by atoms with Gasteiger partial charge in [-0.25, -0.2) is 0 Å². The summed E-state index contributed by atoms with van der Waals surface area (Å²) in [5, 5.41) is 2.43. The lowest BCUT2D eigenvalue weighted by molar-refractivity contribution is 0.332. The van der Waals surface area contributed by atoms with E-state index in [9.17, 15) is 0 Å². The zero-order valence-electron chi connectivity index (χ0n) is 37.4. The molecule has 6 aromatic rings. The van der Waals surface area contributed by atoms with Gasteiger partial charge in [-0.15, -0.1) is 12.6 Å². The number of benzene rings is 5. The van der Waals surface area contributed by atoms with Gasteiger partial charge < -0.3 is 9.32 Å². The Bertz CT molecular complexity index is 2870. The number of rotatable bonds is 5. The number of unbranched alkanes of at least 4 members (excludes halogenated alkanes) is 1. The highest BCUT2D eigenvalue weighted by Crippen LogP contribution is 2.59. The average Bonchev–Trinajstić information content (AvgIpc) is 3.57. The fraction of sp³-hybridized carbons (Fsp3) is 0.345. The minimum atomic E-state index is -0.159. The molecule has 0 saturated carbocycles. The van der Waals surface area contributed by atoms with Gasteiger partial charge in [-0.1, -0.05) is 115 Å². The molecule has 0 amide bonds. The molecule has 0 radical (unpaired) electrons. The summed E-state index contributed by atoms with van der Waals surface area (Å²) in [5.41, 5.74) is 21.8. The minimum absolute atomic E-state index is 0.0980. The Morgan fingerprint density at radius 1 is 0.817 bits per heavy atom. The van der Waals surface area contributed by atoms with Gasteiger partial charge >= 0.3 is 0 Å². The predicted octanol–water partition coefficient (Wildman–Crippen LogP) is 12.3. The molecule has 1 aromatic heterocycles. The highest BCUT2D eigenvalue weighted by Gasteiger charge is 2.47. The lowest BCUT2D eigenvalue weighted by Gasteiger charge is -2.41. The quantitative estimate of drug-likeness (QED) is 0.138. The van der Waals surface area contributed by atoms with Crippen LogP contribution >= 0.6 is 12.6 Å². The highest BCUT2D eigenvalue weighted by molar-refractivity contribution is 7.80. The normalized spacial score (nSPS) is 21.6. The van der Waals surface area contributed by atoms with E-state index < -0.39 is 0 Å². The van der Waals surface area contributed by atoms with E-state index in [0.717, 1.165) is 58.7 Å². The number of aryl methyl sites for hydroxylation is 1. The smallest absolute Gasteiger partial charge is 0.142 e. The first kappa shape index (κ1) is 39.5. The van der Waals surface area contributed by atoms with Gasteiger partial charge in [0.15, 0.2) is 0 Å².